The second-order valence-electron chi connectivity index (χ2n) is 8.05. The van der Waals surface area contributed by atoms with Crippen molar-refractivity contribution < 1.29 is 18.3 Å². The molecule has 0 radical (unpaired) electrons. The zero-order chi connectivity index (χ0) is 22.9. The normalized spacial score (nSPS) is 17.3. The molecule has 1 atom stereocenters. The molecule has 0 aliphatic heterocycles. The number of pyridine rings is 2. The molecule has 2 aliphatic carbocycles. The first-order valence-electron chi connectivity index (χ1n) is 10.6. The van der Waals surface area contributed by atoms with Crippen LogP contribution < -0.4 is 0 Å². The van der Waals surface area contributed by atoms with Crippen LogP contribution >= 0.6 is 0 Å². The second-order valence-corrected chi connectivity index (χ2v) is 8.05. The van der Waals surface area contributed by atoms with E-state index in [2.05, 4.69) is 9.97 Å². The average molecular weight is 442 g/mol. The van der Waals surface area contributed by atoms with Gasteiger partial charge in [-0.2, -0.15) is 8.78 Å². The summed E-state index contributed by atoms with van der Waals surface area (Å²) >= 11 is 0. The molecule has 0 amide bonds. The molecular formula is C27H20F2N2O2. The Hall–Kier alpha value is -3.77. The van der Waals surface area contributed by atoms with Crippen LogP contribution in [0.25, 0.3) is 6.08 Å². The van der Waals surface area contributed by atoms with Gasteiger partial charge >= 0.3 is 0 Å². The number of ketones is 1. The number of fused-ring (bicyclic) bond motifs is 2. The summed E-state index contributed by atoms with van der Waals surface area (Å²) in [5, 5.41) is 0. The summed E-state index contributed by atoms with van der Waals surface area (Å²) in [5.74, 6) is -1.34. The molecule has 5 rings (SSSR count). The van der Waals surface area contributed by atoms with Gasteiger partial charge in [0.05, 0.1) is 0 Å². The zero-order valence-electron chi connectivity index (χ0n) is 17.9. The van der Waals surface area contributed by atoms with E-state index in [1.165, 1.54) is 24.5 Å². The molecule has 0 saturated carbocycles. The Morgan fingerprint density at radius 1 is 0.879 bits per heavy atom. The molecule has 33 heavy (non-hydrogen) atoms. The number of allylic oxidation sites excluding steroid dienone is 3. The van der Waals surface area contributed by atoms with E-state index in [4.69, 9.17) is 4.74 Å². The first kappa shape index (κ1) is 21.1. The highest BCUT2D eigenvalue weighted by Gasteiger charge is 2.34. The molecule has 0 bridgehead atoms. The molecule has 1 aromatic carbocycles. The van der Waals surface area contributed by atoms with Gasteiger partial charge in [-0.25, -0.2) is 9.97 Å². The molecular weight excluding hydrogens is 422 g/mol. The van der Waals surface area contributed by atoms with Crippen LogP contribution in [0.1, 0.15) is 28.4 Å². The lowest BCUT2D eigenvalue weighted by Crippen LogP contribution is -2.23. The lowest BCUT2D eigenvalue weighted by molar-refractivity contribution is -0.111. The van der Waals surface area contributed by atoms with Gasteiger partial charge in [-0.3, -0.25) is 4.79 Å². The van der Waals surface area contributed by atoms with E-state index >= 15 is 0 Å². The van der Waals surface area contributed by atoms with Crippen molar-refractivity contribution in [1.82, 2.24) is 9.97 Å². The van der Waals surface area contributed by atoms with Gasteiger partial charge in [0, 0.05) is 31.5 Å². The van der Waals surface area contributed by atoms with Crippen LogP contribution in [0.4, 0.5) is 8.78 Å². The van der Waals surface area contributed by atoms with Gasteiger partial charge in [-0.05, 0) is 81.8 Å². The largest absolute Gasteiger partial charge is 0.372 e. The lowest BCUT2D eigenvalue weighted by Gasteiger charge is -2.32. The second kappa shape index (κ2) is 8.64. The van der Waals surface area contributed by atoms with Gasteiger partial charge < -0.3 is 4.74 Å². The van der Waals surface area contributed by atoms with Crippen LogP contribution in [-0.4, -0.2) is 22.9 Å². The van der Waals surface area contributed by atoms with Gasteiger partial charge in [0.2, 0.25) is 11.9 Å². The van der Waals surface area contributed by atoms with Crippen molar-refractivity contribution in [2.24, 2.45) is 0 Å². The number of aromatic nitrogens is 2. The van der Waals surface area contributed by atoms with Crippen molar-refractivity contribution in [3.63, 3.8) is 0 Å². The predicted molar refractivity (Wildman–Crippen MR) is 120 cm³/mol. The molecule has 0 N–H and O–H groups in total. The average Bonchev–Trinajstić information content (AvgIpc) is 2.80. The van der Waals surface area contributed by atoms with Crippen LogP contribution in [0.2, 0.25) is 0 Å². The maximum atomic E-state index is 13.8. The molecule has 2 aliphatic rings. The molecule has 0 fully saturated rings. The van der Waals surface area contributed by atoms with Crippen molar-refractivity contribution in [3.8, 4) is 0 Å². The van der Waals surface area contributed by atoms with Crippen LogP contribution in [0, 0.1) is 11.9 Å². The number of carbonyl (C=O) groups is 1. The van der Waals surface area contributed by atoms with E-state index < -0.39 is 18.0 Å². The number of rotatable bonds is 5. The molecule has 2 heterocycles. The van der Waals surface area contributed by atoms with Gasteiger partial charge in [-0.1, -0.05) is 24.3 Å². The third-order valence-corrected chi connectivity index (χ3v) is 6.02. The molecule has 2 aromatic heterocycles. The number of ether oxygens (including phenoxy) is 1. The Kier molecular flexibility index (Phi) is 5.52. The van der Waals surface area contributed by atoms with Crippen molar-refractivity contribution in [2.75, 3.05) is 7.11 Å². The monoisotopic (exact) mass is 442 g/mol. The first-order chi connectivity index (χ1) is 16.0. The Balaban J connectivity index is 1.68. The molecule has 4 nitrogen and oxygen atoms in total. The lowest BCUT2D eigenvalue weighted by atomic mass is 9.74. The predicted octanol–water partition coefficient (Wildman–Crippen LogP) is 5.13. The van der Waals surface area contributed by atoms with Gasteiger partial charge in [0.15, 0.2) is 5.78 Å². The molecule has 0 spiro atoms. The minimum Gasteiger partial charge on any atom is -0.372 e. The number of benzene rings is 1. The zero-order valence-corrected chi connectivity index (χ0v) is 17.9. The molecule has 1 unspecified atom stereocenters. The Bertz CT molecular complexity index is 1360. The number of hydrogen-bond acceptors (Lipinski definition) is 4. The van der Waals surface area contributed by atoms with E-state index in [1.807, 2.05) is 30.3 Å². The van der Waals surface area contributed by atoms with Crippen molar-refractivity contribution in [3.05, 3.63) is 123 Å². The van der Waals surface area contributed by atoms with E-state index in [0.717, 1.165) is 27.8 Å². The summed E-state index contributed by atoms with van der Waals surface area (Å²) in [4.78, 5) is 20.6. The number of nitrogens with zero attached hydrogens (tertiary/aromatic N) is 2. The van der Waals surface area contributed by atoms with Gasteiger partial charge in [0.1, 0.15) is 6.10 Å². The number of hydrogen-bond donors (Lipinski definition) is 0. The summed E-state index contributed by atoms with van der Waals surface area (Å²) in [6.07, 6.45) is 6.62. The number of halogens is 2. The Morgan fingerprint density at radius 2 is 1.52 bits per heavy atom. The summed E-state index contributed by atoms with van der Waals surface area (Å²) in [6.45, 7) is 0. The van der Waals surface area contributed by atoms with Crippen LogP contribution in [0.3, 0.4) is 0 Å². The van der Waals surface area contributed by atoms with Gasteiger partial charge in [-0.15, -0.1) is 0 Å². The highest BCUT2D eigenvalue weighted by Crippen LogP contribution is 2.45. The molecule has 6 heteroatoms. The van der Waals surface area contributed by atoms with Crippen molar-refractivity contribution in [2.45, 2.75) is 18.9 Å². The number of carbonyl (C=O) groups excluding carboxylic acids is 1. The highest BCUT2D eigenvalue weighted by molar-refractivity contribution is 6.09. The van der Waals surface area contributed by atoms with Crippen molar-refractivity contribution in [1.29, 1.82) is 0 Å². The Labute approximate surface area is 190 Å². The molecule has 0 saturated heterocycles. The Morgan fingerprint density at radius 3 is 2.15 bits per heavy atom. The smallest absolute Gasteiger partial charge is 0.213 e. The minimum absolute atomic E-state index is 0.162. The fourth-order valence-electron chi connectivity index (χ4n) is 4.55. The summed E-state index contributed by atoms with van der Waals surface area (Å²) in [7, 11) is 1.62. The SMILES string of the molecule is COC1C2=CC(=O)C(Cc3ccnc(F)c3)=C(Cc3ccnc(F)c3)C2=Cc2ccccc21. The number of methoxy groups -OCH3 is 1. The third kappa shape index (κ3) is 4.05. The van der Waals surface area contributed by atoms with E-state index in [-0.39, 0.29) is 12.2 Å². The summed E-state index contributed by atoms with van der Waals surface area (Å²) in [5.41, 5.74) is 6.28. The van der Waals surface area contributed by atoms with Crippen molar-refractivity contribution >= 4 is 11.9 Å². The van der Waals surface area contributed by atoms with Crippen LogP contribution in [0.15, 0.2) is 89.3 Å². The standard InChI is InChI=1S/C27H20F2N2O2/c1-33-27-19-5-3-2-4-18(19)14-21-20(10-16-6-8-30-25(28)12-16)22(24(32)15-23(21)27)11-17-7-9-31-26(29)13-17/h2-9,12-15,27H,10-11H2,1H3. The summed E-state index contributed by atoms with van der Waals surface area (Å²) < 4.78 is 33.4. The van der Waals surface area contributed by atoms with Crippen LogP contribution in [0.5, 0.6) is 0 Å². The minimum atomic E-state index is -0.601. The third-order valence-electron chi connectivity index (χ3n) is 6.02. The topological polar surface area (TPSA) is 52.1 Å². The van der Waals surface area contributed by atoms with Gasteiger partial charge in [0.25, 0.3) is 0 Å². The maximum Gasteiger partial charge on any atom is 0.213 e. The fourth-order valence-corrected chi connectivity index (χ4v) is 4.55. The van der Waals surface area contributed by atoms with E-state index in [9.17, 15) is 13.6 Å². The van der Waals surface area contributed by atoms with E-state index in [0.29, 0.717) is 23.1 Å². The fraction of sp³-hybridized carbons (Fsp3) is 0.148. The quantitative estimate of drug-likeness (QED) is 0.514. The molecule has 164 valence electrons. The summed E-state index contributed by atoms with van der Waals surface area (Å²) in [6, 6.07) is 14.0. The molecule has 3 aromatic rings. The first-order valence-corrected chi connectivity index (χ1v) is 10.6. The van der Waals surface area contributed by atoms with E-state index in [1.54, 1.807) is 25.3 Å². The maximum absolute atomic E-state index is 13.8. The van der Waals surface area contributed by atoms with Crippen LogP contribution in [-0.2, 0) is 22.4 Å². The highest BCUT2D eigenvalue weighted by atomic mass is 19.1.